The van der Waals surface area contributed by atoms with Crippen molar-refractivity contribution in [2.75, 3.05) is 0 Å². The van der Waals surface area contributed by atoms with Crippen LogP contribution in [0.4, 0.5) is 11.4 Å². The topological polar surface area (TPSA) is 161 Å². The first-order chi connectivity index (χ1) is 12.8. The fourth-order valence-corrected chi connectivity index (χ4v) is 0.720. The Morgan fingerprint density at radius 2 is 1.14 bits per heavy atom. The maximum Gasteiger partial charge on any atom is 0.330 e. The molecule has 0 unspecified atom stereocenters. The molecule has 0 aliphatic rings. The first-order valence-electron chi connectivity index (χ1n) is 7.98. The van der Waals surface area contributed by atoms with Gasteiger partial charge in [0.2, 0.25) is 0 Å². The Balaban J connectivity index is -0.000000332. The van der Waals surface area contributed by atoms with Gasteiger partial charge in [0.05, 0.1) is 15.9 Å². The van der Waals surface area contributed by atoms with E-state index in [9.17, 15) is 29.8 Å². The molecule has 0 saturated heterocycles. The van der Waals surface area contributed by atoms with E-state index in [1.807, 2.05) is 0 Å². The van der Waals surface area contributed by atoms with Crippen LogP contribution in [0.1, 0.15) is 40.5 Å². The summed E-state index contributed by atoms with van der Waals surface area (Å²) in [5, 5.41) is 36.1. The van der Waals surface area contributed by atoms with E-state index in [2.05, 4.69) is 27.0 Å². The lowest BCUT2D eigenvalue weighted by Crippen LogP contribution is -1.92. The number of hydrogen-bond donors (Lipinski definition) is 2. The second kappa shape index (κ2) is 16.9. The number of nitrogens with zero attached hydrogens (tertiary/aromatic N) is 2. The average molecular weight is 398 g/mol. The van der Waals surface area contributed by atoms with Crippen LogP contribution in [-0.2, 0) is 9.59 Å². The summed E-state index contributed by atoms with van der Waals surface area (Å²) in [4.78, 5) is 38.2. The van der Waals surface area contributed by atoms with E-state index in [0.717, 1.165) is 6.07 Å². The zero-order valence-corrected chi connectivity index (χ0v) is 16.4. The number of nitro groups is 2. The predicted molar refractivity (Wildman–Crippen MR) is 105 cm³/mol. The maximum absolute atomic E-state index is 10.2. The number of carboxylic acid groups (broad SMARTS) is 2. The van der Waals surface area contributed by atoms with Crippen LogP contribution < -0.4 is 0 Å². The number of non-ortho nitro benzene ring substituents is 2. The molecule has 0 aromatic heterocycles. The normalized spacial score (nSPS) is 8.29. The second-order valence-electron chi connectivity index (χ2n) is 5.21. The molecule has 10 nitrogen and oxygen atoms in total. The lowest BCUT2D eigenvalue weighted by molar-refractivity contribution is -0.394. The van der Waals surface area contributed by atoms with Crippen molar-refractivity contribution in [1.82, 2.24) is 0 Å². The Hall–Kier alpha value is -3.56. The van der Waals surface area contributed by atoms with Gasteiger partial charge in [-0.2, -0.15) is 0 Å². The molecular weight excluding hydrogens is 372 g/mol. The molecule has 0 aliphatic heterocycles. The predicted octanol–water partition coefficient (Wildman–Crippen LogP) is 4.60. The molecule has 0 bridgehead atoms. The summed E-state index contributed by atoms with van der Waals surface area (Å²) in [7, 11) is 0. The van der Waals surface area contributed by atoms with E-state index in [0.29, 0.717) is 0 Å². The number of carboxylic acids is 2. The van der Waals surface area contributed by atoms with Gasteiger partial charge in [0.1, 0.15) is 0 Å². The molecule has 0 fully saturated rings. The summed E-state index contributed by atoms with van der Waals surface area (Å²) >= 11 is 0. The zero-order valence-electron chi connectivity index (χ0n) is 16.4. The number of aliphatic carboxylic acids is 2. The third-order valence-corrected chi connectivity index (χ3v) is 2.48. The number of hydrogen-bond acceptors (Lipinski definition) is 6. The smallest absolute Gasteiger partial charge is 0.330 e. The SMILES string of the molecule is C=C(C)C(=O)O.C=C(C)C(=O)O.CCCC.O=[N+]([O-])c1cccc([N+](=O)[O-])c1. The Morgan fingerprint density at radius 3 is 1.29 bits per heavy atom. The van der Waals surface area contributed by atoms with E-state index in [1.165, 1.54) is 44.9 Å². The van der Waals surface area contributed by atoms with Crippen molar-refractivity contribution in [3.05, 3.63) is 68.8 Å². The molecule has 156 valence electrons. The largest absolute Gasteiger partial charge is 0.478 e. The molecule has 1 rings (SSSR count). The van der Waals surface area contributed by atoms with Crippen molar-refractivity contribution >= 4 is 23.3 Å². The minimum Gasteiger partial charge on any atom is -0.478 e. The number of rotatable bonds is 5. The van der Waals surface area contributed by atoms with Crippen molar-refractivity contribution in [3.63, 3.8) is 0 Å². The van der Waals surface area contributed by atoms with Crippen LogP contribution in [0.5, 0.6) is 0 Å². The van der Waals surface area contributed by atoms with Gasteiger partial charge in [0, 0.05) is 23.3 Å². The summed E-state index contributed by atoms with van der Waals surface area (Å²) in [5.41, 5.74) is -0.196. The molecule has 0 atom stereocenters. The summed E-state index contributed by atoms with van der Waals surface area (Å²) < 4.78 is 0. The highest BCUT2D eigenvalue weighted by Gasteiger charge is 2.11. The number of nitro benzene ring substituents is 2. The average Bonchev–Trinajstić information content (AvgIpc) is 2.62. The van der Waals surface area contributed by atoms with Gasteiger partial charge in [-0.15, -0.1) is 0 Å². The summed E-state index contributed by atoms with van der Waals surface area (Å²) in [6.45, 7) is 13.6. The van der Waals surface area contributed by atoms with Crippen molar-refractivity contribution in [2.24, 2.45) is 0 Å². The van der Waals surface area contributed by atoms with Crippen LogP contribution in [0.25, 0.3) is 0 Å². The van der Waals surface area contributed by atoms with Crippen molar-refractivity contribution in [3.8, 4) is 0 Å². The first kappa shape index (κ1) is 29.2. The molecule has 0 saturated carbocycles. The van der Waals surface area contributed by atoms with Crippen LogP contribution in [0.3, 0.4) is 0 Å². The Kier molecular flexibility index (Phi) is 17.6. The third kappa shape index (κ3) is 18.8. The van der Waals surface area contributed by atoms with E-state index in [-0.39, 0.29) is 22.5 Å². The minimum absolute atomic E-state index is 0.176. The highest BCUT2D eigenvalue weighted by Crippen LogP contribution is 2.18. The minimum atomic E-state index is -0.935. The summed E-state index contributed by atoms with van der Waals surface area (Å²) in [6.07, 6.45) is 2.64. The van der Waals surface area contributed by atoms with Gasteiger partial charge in [-0.25, -0.2) is 9.59 Å². The van der Waals surface area contributed by atoms with Crippen molar-refractivity contribution < 1.29 is 29.6 Å². The van der Waals surface area contributed by atoms with E-state index < -0.39 is 21.8 Å². The molecule has 0 spiro atoms. The van der Waals surface area contributed by atoms with Crippen LogP contribution in [0.2, 0.25) is 0 Å². The third-order valence-electron chi connectivity index (χ3n) is 2.48. The Bertz CT molecular complexity index is 619. The molecule has 1 aromatic rings. The lowest BCUT2D eigenvalue weighted by Gasteiger charge is -1.90. The van der Waals surface area contributed by atoms with Crippen LogP contribution >= 0.6 is 0 Å². The molecule has 28 heavy (non-hydrogen) atoms. The van der Waals surface area contributed by atoms with Crippen LogP contribution in [0.15, 0.2) is 48.6 Å². The Morgan fingerprint density at radius 1 is 0.893 bits per heavy atom. The summed E-state index contributed by atoms with van der Waals surface area (Å²) in [6, 6.07) is 4.59. The van der Waals surface area contributed by atoms with Gasteiger partial charge >= 0.3 is 11.9 Å². The van der Waals surface area contributed by atoms with Gasteiger partial charge in [-0.05, 0) is 19.9 Å². The molecule has 2 N–H and O–H groups in total. The monoisotopic (exact) mass is 398 g/mol. The first-order valence-corrected chi connectivity index (χ1v) is 7.98. The fourth-order valence-electron chi connectivity index (χ4n) is 0.720. The zero-order chi connectivity index (χ0) is 22.9. The fraction of sp³-hybridized carbons (Fsp3) is 0.333. The quantitative estimate of drug-likeness (QED) is 0.413. The lowest BCUT2D eigenvalue weighted by atomic mass is 10.3. The standard InChI is InChI=1S/C6H4N2O4.2C4H6O2.C4H10/c9-7(10)5-2-1-3-6(4-5)8(11)12;2*1-3(2)4(5)6;1-3-4-2/h1-4H;2*1H2,2H3,(H,5,6);3-4H2,1-2H3. The second-order valence-corrected chi connectivity index (χ2v) is 5.21. The number of benzene rings is 1. The molecular formula is C18H26N2O8. The maximum atomic E-state index is 10.2. The number of unbranched alkanes of at least 4 members (excludes halogenated alkanes) is 1. The highest BCUT2D eigenvalue weighted by atomic mass is 16.6. The summed E-state index contributed by atoms with van der Waals surface area (Å²) in [5.74, 6) is -1.87. The van der Waals surface area contributed by atoms with Crippen molar-refractivity contribution in [2.45, 2.75) is 40.5 Å². The Labute approximate surface area is 163 Å². The molecule has 0 radical (unpaired) electrons. The van der Waals surface area contributed by atoms with E-state index >= 15 is 0 Å². The van der Waals surface area contributed by atoms with E-state index in [1.54, 1.807) is 0 Å². The molecule has 0 amide bonds. The highest BCUT2D eigenvalue weighted by molar-refractivity contribution is 5.85. The van der Waals surface area contributed by atoms with Gasteiger partial charge < -0.3 is 10.2 Å². The number of carbonyl (C=O) groups is 2. The van der Waals surface area contributed by atoms with Gasteiger partial charge in [0.25, 0.3) is 11.4 Å². The van der Waals surface area contributed by atoms with Gasteiger partial charge in [-0.1, -0.05) is 39.8 Å². The van der Waals surface area contributed by atoms with Gasteiger partial charge in [0.15, 0.2) is 0 Å². The van der Waals surface area contributed by atoms with Gasteiger partial charge in [-0.3, -0.25) is 20.2 Å². The molecule has 10 heteroatoms. The van der Waals surface area contributed by atoms with Crippen LogP contribution in [-0.4, -0.2) is 32.0 Å². The van der Waals surface area contributed by atoms with E-state index in [4.69, 9.17) is 10.2 Å². The van der Waals surface area contributed by atoms with Crippen molar-refractivity contribution in [1.29, 1.82) is 0 Å². The van der Waals surface area contributed by atoms with Crippen LogP contribution in [0, 0.1) is 20.2 Å². The molecule has 0 aliphatic carbocycles. The molecule has 0 heterocycles. The molecule has 1 aromatic carbocycles.